The molecule has 0 unspecified atom stereocenters. The first-order chi connectivity index (χ1) is 17.2. The number of halogens is 3. The number of amidine groups is 1. The maximum Gasteiger partial charge on any atom is 0.322 e. The second-order valence-electron chi connectivity index (χ2n) is 8.71. The van der Waals surface area contributed by atoms with Gasteiger partial charge in [0.1, 0.15) is 22.7 Å². The lowest BCUT2D eigenvalue weighted by Gasteiger charge is -2.44. The monoisotopic (exact) mass is 560 g/mol. The minimum Gasteiger partial charge on any atom is -0.493 e. The Balaban J connectivity index is 2.01. The first-order valence-electron chi connectivity index (χ1n) is 11.7. The highest BCUT2D eigenvalue weighted by Crippen LogP contribution is 2.54. The summed E-state index contributed by atoms with van der Waals surface area (Å²) in [6, 6.07) is 20.9. The Labute approximate surface area is 231 Å². The van der Waals surface area contributed by atoms with E-state index in [-0.39, 0.29) is 0 Å². The lowest BCUT2D eigenvalue weighted by Crippen LogP contribution is -2.53. The number of ether oxygens (including phenoxy) is 1. The Morgan fingerprint density at radius 3 is 2.06 bits per heavy atom. The standard InChI is InChI=1S/C28H27Cl3N2O2S/c1-5-35-24-17-22(36-6-2)15-16-23(24)25-32-27(3,18-7-11-20(29)12-8-18)28(4,33(25)26(31)34)19-9-13-21(30)14-10-19/h7-17H,5-6H2,1-4H3/t27-,28-/m0/s1. The molecule has 3 aromatic rings. The van der Waals surface area contributed by atoms with E-state index in [1.165, 1.54) is 0 Å². The number of benzene rings is 3. The van der Waals surface area contributed by atoms with Gasteiger partial charge in [-0.05, 0) is 91.7 Å². The number of carbonyl (C=O) groups excluding carboxylic acids is 1. The number of hydrogen-bond acceptors (Lipinski definition) is 4. The van der Waals surface area contributed by atoms with Gasteiger partial charge in [0.2, 0.25) is 0 Å². The summed E-state index contributed by atoms with van der Waals surface area (Å²) in [6.45, 7) is 8.48. The van der Waals surface area contributed by atoms with Gasteiger partial charge in [-0.2, -0.15) is 0 Å². The fraction of sp³-hybridized carbons (Fsp3) is 0.286. The van der Waals surface area contributed by atoms with Crippen molar-refractivity contribution < 1.29 is 9.53 Å². The second kappa shape index (κ2) is 10.7. The molecular weight excluding hydrogens is 535 g/mol. The van der Waals surface area contributed by atoms with Crippen molar-refractivity contribution in [2.24, 2.45) is 4.99 Å². The molecule has 4 nitrogen and oxygen atoms in total. The average Bonchev–Trinajstić information content (AvgIpc) is 3.09. The van der Waals surface area contributed by atoms with Gasteiger partial charge in [0.15, 0.2) is 0 Å². The predicted molar refractivity (Wildman–Crippen MR) is 151 cm³/mol. The van der Waals surface area contributed by atoms with E-state index >= 15 is 0 Å². The van der Waals surface area contributed by atoms with Crippen LogP contribution in [-0.2, 0) is 11.1 Å². The number of rotatable bonds is 7. The summed E-state index contributed by atoms with van der Waals surface area (Å²) >= 11 is 20.5. The molecule has 8 heteroatoms. The van der Waals surface area contributed by atoms with Crippen molar-refractivity contribution in [2.75, 3.05) is 12.4 Å². The second-order valence-corrected chi connectivity index (χ2v) is 11.2. The van der Waals surface area contributed by atoms with Crippen LogP contribution in [-0.4, -0.2) is 28.5 Å². The molecule has 0 saturated carbocycles. The number of hydrogen-bond donors (Lipinski definition) is 0. The highest BCUT2D eigenvalue weighted by molar-refractivity contribution is 7.99. The highest BCUT2D eigenvalue weighted by atomic mass is 35.5. The summed E-state index contributed by atoms with van der Waals surface area (Å²) in [7, 11) is 0. The Hall–Kier alpha value is -2.18. The molecule has 1 aliphatic rings. The first-order valence-corrected chi connectivity index (χ1v) is 13.8. The molecule has 0 fully saturated rings. The molecule has 1 aliphatic heterocycles. The molecule has 3 aromatic carbocycles. The van der Waals surface area contributed by atoms with Crippen LogP contribution in [0.3, 0.4) is 0 Å². The van der Waals surface area contributed by atoms with Crippen molar-refractivity contribution in [3.05, 3.63) is 93.5 Å². The zero-order chi connectivity index (χ0) is 26.1. The topological polar surface area (TPSA) is 41.9 Å². The van der Waals surface area contributed by atoms with E-state index in [9.17, 15) is 4.79 Å². The lowest BCUT2D eigenvalue weighted by molar-refractivity contribution is 0.149. The number of nitrogens with zero attached hydrogens (tertiary/aromatic N) is 2. The van der Waals surface area contributed by atoms with Crippen LogP contribution < -0.4 is 4.74 Å². The minimum absolute atomic E-state index is 0.446. The molecule has 1 amide bonds. The van der Waals surface area contributed by atoms with Gasteiger partial charge < -0.3 is 4.74 Å². The third-order valence-corrected chi connectivity index (χ3v) is 8.28. The Bertz CT molecular complexity index is 1300. The Morgan fingerprint density at radius 2 is 1.53 bits per heavy atom. The average molecular weight is 562 g/mol. The van der Waals surface area contributed by atoms with Gasteiger partial charge >= 0.3 is 5.37 Å². The number of carbonyl (C=O) groups is 1. The van der Waals surface area contributed by atoms with Gasteiger partial charge in [-0.15, -0.1) is 11.8 Å². The van der Waals surface area contributed by atoms with E-state index in [1.54, 1.807) is 16.7 Å². The molecule has 0 spiro atoms. The predicted octanol–water partition coefficient (Wildman–Crippen LogP) is 8.76. The van der Waals surface area contributed by atoms with Gasteiger partial charge in [0.05, 0.1) is 12.2 Å². The molecular formula is C28H27Cl3N2O2S. The fourth-order valence-electron chi connectivity index (χ4n) is 4.76. The van der Waals surface area contributed by atoms with Crippen LogP contribution in [0.2, 0.25) is 10.0 Å². The number of thioether (sulfide) groups is 1. The molecule has 0 N–H and O–H groups in total. The molecule has 36 heavy (non-hydrogen) atoms. The maximum absolute atomic E-state index is 13.2. The zero-order valence-electron chi connectivity index (χ0n) is 20.5. The van der Waals surface area contributed by atoms with E-state index in [0.717, 1.165) is 21.8 Å². The van der Waals surface area contributed by atoms with Crippen molar-refractivity contribution in [1.82, 2.24) is 4.90 Å². The van der Waals surface area contributed by atoms with Gasteiger partial charge in [-0.25, -0.2) is 0 Å². The van der Waals surface area contributed by atoms with E-state index in [1.807, 2.05) is 87.5 Å². The van der Waals surface area contributed by atoms with Crippen LogP contribution in [0.1, 0.15) is 44.4 Å². The van der Waals surface area contributed by atoms with Crippen LogP contribution in [0.15, 0.2) is 76.6 Å². The summed E-state index contributed by atoms with van der Waals surface area (Å²) in [6.07, 6.45) is 0. The van der Waals surface area contributed by atoms with Crippen molar-refractivity contribution in [3.8, 4) is 5.75 Å². The van der Waals surface area contributed by atoms with Crippen molar-refractivity contribution in [3.63, 3.8) is 0 Å². The maximum atomic E-state index is 13.2. The molecule has 4 rings (SSSR count). The first kappa shape index (κ1) is 26.9. The van der Waals surface area contributed by atoms with Crippen molar-refractivity contribution in [2.45, 2.75) is 43.7 Å². The van der Waals surface area contributed by atoms with E-state index in [0.29, 0.717) is 33.8 Å². The van der Waals surface area contributed by atoms with Crippen LogP contribution in [0.4, 0.5) is 4.79 Å². The van der Waals surface area contributed by atoms with Crippen LogP contribution in [0, 0.1) is 0 Å². The van der Waals surface area contributed by atoms with Gasteiger partial charge in [-0.1, -0.05) is 54.4 Å². The van der Waals surface area contributed by atoms with Crippen molar-refractivity contribution in [1.29, 1.82) is 0 Å². The van der Waals surface area contributed by atoms with Crippen LogP contribution in [0.5, 0.6) is 5.75 Å². The summed E-state index contributed by atoms with van der Waals surface area (Å²) < 4.78 is 6.03. The number of aliphatic imine (C=N–C) groups is 1. The van der Waals surface area contributed by atoms with Gasteiger partial charge in [0.25, 0.3) is 0 Å². The SMILES string of the molecule is CCOc1cc(SCC)ccc1C1=N[C@@](C)(c2ccc(Cl)cc2)[C@](C)(c2ccc(Cl)cc2)N1C(=O)Cl. The summed E-state index contributed by atoms with van der Waals surface area (Å²) in [5.74, 6) is 2.03. The largest absolute Gasteiger partial charge is 0.493 e. The summed E-state index contributed by atoms with van der Waals surface area (Å²) in [5, 5.41) is 0.574. The van der Waals surface area contributed by atoms with Crippen LogP contribution >= 0.6 is 46.6 Å². The summed E-state index contributed by atoms with van der Waals surface area (Å²) in [5.41, 5.74) is 0.529. The smallest absolute Gasteiger partial charge is 0.322 e. The molecule has 0 aromatic heterocycles. The molecule has 0 radical (unpaired) electrons. The lowest BCUT2D eigenvalue weighted by atomic mass is 9.71. The molecule has 188 valence electrons. The third-order valence-electron chi connectivity index (χ3n) is 6.73. The van der Waals surface area contributed by atoms with Gasteiger partial charge in [-0.3, -0.25) is 14.7 Å². The quantitative estimate of drug-likeness (QED) is 0.164. The number of amides is 1. The van der Waals surface area contributed by atoms with Gasteiger partial charge in [0, 0.05) is 14.9 Å². The minimum atomic E-state index is -0.986. The molecule has 1 heterocycles. The highest BCUT2D eigenvalue weighted by Gasteiger charge is 2.59. The fourth-order valence-corrected chi connectivity index (χ4v) is 5.95. The molecule has 2 atom stereocenters. The van der Waals surface area contributed by atoms with E-state index < -0.39 is 16.4 Å². The Morgan fingerprint density at radius 1 is 0.944 bits per heavy atom. The van der Waals surface area contributed by atoms with E-state index in [4.69, 9.17) is 44.5 Å². The zero-order valence-corrected chi connectivity index (χ0v) is 23.6. The summed E-state index contributed by atoms with van der Waals surface area (Å²) in [4.78, 5) is 21.1. The Kier molecular flexibility index (Phi) is 7.96. The van der Waals surface area contributed by atoms with E-state index in [2.05, 4.69) is 6.92 Å². The molecule has 0 saturated heterocycles. The molecule has 0 bridgehead atoms. The van der Waals surface area contributed by atoms with Crippen LogP contribution in [0.25, 0.3) is 0 Å². The normalized spacial score (nSPS) is 21.4. The molecule has 0 aliphatic carbocycles. The third kappa shape index (κ3) is 4.63. The van der Waals surface area contributed by atoms with Crippen molar-refractivity contribution >= 4 is 57.8 Å².